The molecule has 7 heteroatoms. The third kappa shape index (κ3) is 4.29. The lowest BCUT2D eigenvalue weighted by Crippen LogP contribution is -2.53. The van der Waals surface area contributed by atoms with Crippen molar-refractivity contribution in [3.8, 4) is 11.4 Å². The van der Waals surface area contributed by atoms with Gasteiger partial charge in [-0.1, -0.05) is 54.4 Å². The summed E-state index contributed by atoms with van der Waals surface area (Å²) in [5, 5.41) is 4.15. The van der Waals surface area contributed by atoms with Crippen molar-refractivity contribution in [1.29, 1.82) is 0 Å². The topological polar surface area (TPSA) is 62.5 Å². The highest BCUT2D eigenvalue weighted by atomic mass is 19.1. The van der Waals surface area contributed by atoms with E-state index < -0.39 is 5.41 Å². The van der Waals surface area contributed by atoms with Crippen LogP contribution in [0.4, 0.5) is 4.39 Å². The maximum Gasteiger partial charge on any atom is 0.241 e. The fourth-order valence-corrected chi connectivity index (χ4v) is 5.23. The highest BCUT2D eigenvalue weighted by molar-refractivity contribution is 5.88. The number of aryl methyl sites for hydroxylation is 1. The van der Waals surface area contributed by atoms with E-state index in [0.717, 1.165) is 55.5 Å². The first-order valence-corrected chi connectivity index (χ1v) is 11.7. The third-order valence-electron chi connectivity index (χ3n) is 7.14. The molecule has 6 nitrogen and oxygen atoms in total. The van der Waals surface area contributed by atoms with E-state index in [9.17, 15) is 9.18 Å². The Kier molecular flexibility index (Phi) is 5.98. The first-order valence-electron chi connectivity index (χ1n) is 11.7. The van der Waals surface area contributed by atoms with Crippen LogP contribution in [0, 0.1) is 12.7 Å². The average molecular weight is 449 g/mol. The Balaban J connectivity index is 1.22. The second-order valence-corrected chi connectivity index (χ2v) is 9.19. The van der Waals surface area contributed by atoms with Gasteiger partial charge in [-0.2, -0.15) is 4.98 Å². The van der Waals surface area contributed by atoms with E-state index in [1.165, 1.54) is 12.1 Å². The summed E-state index contributed by atoms with van der Waals surface area (Å²) in [6.07, 6.45) is 3.73. The van der Waals surface area contributed by atoms with Crippen LogP contribution in [0.15, 0.2) is 53.1 Å². The second-order valence-electron chi connectivity index (χ2n) is 9.19. The molecular weight excluding hydrogens is 419 g/mol. The molecular formula is C26H29FN4O2. The minimum absolute atomic E-state index is 0.186. The van der Waals surface area contributed by atoms with Gasteiger partial charge in [-0.3, -0.25) is 9.69 Å². The molecule has 1 saturated heterocycles. The monoisotopic (exact) mass is 448 g/mol. The van der Waals surface area contributed by atoms with Gasteiger partial charge in [-0.15, -0.1) is 0 Å². The van der Waals surface area contributed by atoms with Crippen LogP contribution in [-0.2, 0) is 16.8 Å². The van der Waals surface area contributed by atoms with Gasteiger partial charge in [-0.25, -0.2) is 4.39 Å². The minimum Gasteiger partial charge on any atom is -0.339 e. The first kappa shape index (κ1) is 21.8. The molecule has 2 aliphatic rings. The van der Waals surface area contributed by atoms with Gasteiger partial charge in [0.2, 0.25) is 17.6 Å². The van der Waals surface area contributed by atoms with Crippen LogP contribution in [-0.4, -0.2) is 52.0 Å². The lowest BCUT2D eigenvalue weighted by Gasteiger charge is -2.39. The van der Waals surface area contributed by atoms with Crippen molar-refractivity contribution in [2.24, 2.45) is 0 Å². The first-order chi connectivity index (χ1) is 16.0. The Bertz CT molecular complexity index is 1110. The number of rotatable bonds is 5. The molecule has 2 aromatic carbocycles. The summed E-state index contributed by atoms with van der Waals surface area (Å²) in [5.74, 6) is 1.12. The second kappa shape index (κ2) is 9.06. The van der Waals surface area contributed by atoms with Crippen LogP contribution in [0.2, 0.25) is 0 Å². The normalized spacial score (nSPS) is 18.5. The van der Waals surface area contributed by atoms with Crippen LogP contribution in [0.3, 0.4) is 0 Å². The van der Waals surface area contributed by atoms with Crippen molar-refractivity contribution in [2.45, 2.75) is 44.6 Å². The minimum atomic E-state index is -0.509. The number of halogens is 1. The van der Waals surface area contributed by atoms with Crippen LogP contribution < -0.4 is 0 Å². The number of carbonyl (C=O) groups is 1. The number of amides is 1. The largest absolute Gasteiger partial charge is 0.339 e. The number of hydrogen-bond donors (Lipinski definition) is 0. The molecule has 1 amide bonds. The SMILES string of the molecule is Cc1ccccc1-c1noc(CN2CCN(C(=O)C3(c4ccc(F)cc4)CCCC3)CC2)n1. The Morgan fingerprint density at radius 2 is 1.73 bits per heavy atom. The summed E-state index contributed by atoms with van der Waals surface area (Å²) in [6.45, 7) is 5.45. The smallest absolute Gasteiger partial charge is 0.241 e. The molecule has 0 spiro atoms. The molecule has 2 fully saturated rings. The van der Waals surface area contributed by atoms with Crippen molar-refractivity contribution in [2.75, 3.05) is 26.2 Å². The maximum absolute atomic E-state index is 13.6. The predicted molar refractivity (Wildman–Crippen MR) is 123 cm³/mol. The van der Waals surface area contributed by atoms with E-state index in [1.807, 2.05) is 36.1 Å². The summed E-state index contributed by atoms with van der Waals surface area (Å²) >= 11 is 0. The highest BCUT2D eigenvalue weighted by Crippen LogP contribution is 2.43. The van der Waals surface area contributed by atoms with E-state index in [1.54, 1.807) is 12.1 Å². The molecule has 172 valence electrons. The van der Waals surface area contributed by atoms with E-state index in [-0.39, 0.29) is 11.7 Å². The van der Waals surface area contributed by atoms with Crippen LogP contribution in [0.5, 0.6) is 0 Å². The van der Waals surface area contributed by atoms with E-state index in [4.69, 9.17) is 4.52 Å². The Morgan fingerprint density at radius 3 is 2.42 bits per heavy atom. The van der Waals surface area contributed by atoms with Gasteiger partial charge >= 0.3 is 0 Å². The number of nitrogens with zero attached hydrogens (tertiary/aromatic N) is 4. The van der Waals surface area contributed by atoms with Gasteiger partial charge in [0.25, 0.3) is 0 Å². The van der Waals surface area contributed by atoms with Gasteiger partial charge in [0.05, 0.1) is 12.0 Å². The molecule has 0 N–H and O–H groups in total. The van der Waals surface area contributed by atoms with Gasteiger partial charge in [-0.05, 0) is 43.0 Å². The number of benzene rings is 2. The van der Waals surface area contributed by atoms with E-state index >= 15 is 0 Å². The van der Waals surface area contributed by atoms with Crippen molar-refractivity contribution >= 4 is 5.91 Å². The maximum atomic E-state index is 13.6. The number of hydrogen-bond acceptors (Lipinski definition) is 5. The summed E-state index contributed by atoms with van der Waals surface area (Å²) in [7, 11) is 0. The summed E-state index contributed by atoms with van der Waals surface area (Å²) in [6, 6.07) is 14.5. The standard InChI is InChI=1S/C26H29FN4O2/c1-19-6-2-3-7-22(19)24-28-23(33-29-24)18-30-14-16-31(17-15-30)25(32)26(12-4-5-13-26)20-8-10-21(27)11-9-20/h2-3,6-11H,4-5,12-18H2,1H3. The number of aromatic nitrogens is 2. The summed E-state index contributed by atoms with van der Waals surface area (Å²) in [5.41, 5.74) is 2.53. The zero-order valence-electron chi connectivity index (χ0n) is 19.0. The average Bonchev–Trinajstić information content (AvgIpc) is 3.51. The highest BCUT2D eigenvalue weighted by Gasteiger charge is 2.45. The van der Waals surface area contributed by atoms with Gasteiger partial charge in [0.1, 0.15) is 5.82 Å². The molecule has 1 saturated carbocycles. The molecule has 5 rings (SSSR count). The molecule has 1 aromatic heterocycles. The molecule has 0 radical (unpaired) electrons. The van der Waals surface area contributed by atoms with E-state index in [2.05, 4.69) is 15.0 Å². The predicted octanol–water partition coefficient (Wildman–Crippen LogP) is 4.34. The van der Waals surface area contributed by atoms with Crippen molar-refractivity contribution in [1.82, 2.24) is 19.9 Å². The molecule has 3 aromatic rings. The van der Waals surface area contributed by atoms with Crippen LogP contribution >= 0.6 is 0 Å². The molecule has 33 heavy (non-hydrogen) atoms. The number of carbonyl (C=O) groups excluding carboxylic acids is 1. The third-order valence-corrected chi connectivity index (χ3v) is 7.14. The number of piperazine rings is 1. The van der Waals surface area contributed by atoms with Crippen LogP contribution in [0.25, 0.3) is 11.4 Å². The van der Waals surface area contributed by atoms with Gasteiger partial charge in [0, 0.05) is 31.7 Å². The lowest BCUT2D eigenvalue weighted by atomic mass is 9.77. The van der Waals surface area contributed by atoms with Gasteiger partial charge in [0.15, 0.2) is 0 Å². The quantitative estimate of drug-likeness (QED) is 0.581. The fourth-order valence-electron chi connectivity index (χ4n) is 5.23. The zero-order chi connectivity index (χ0) is 22.8. The zero-order valence-corrected chi connectivity index (χ0v) is 19.0. The molecule has 0 atom stereocenters. The van der Waals surface area contributed by atoms with Crippen molar-refractivity contribution in [3.05, 3.63) is 71.4 Å². The molecule has 0 bridgehead atoms. The van der Waals surface area contributed by atoms with Crippen molar-refractivity contribution in [3.63, 3.8) is 0 Å². The summed E-state index contributed by atoms with van der Waals surface area (Å²) in [4.78, 5) is 22.4. The lowest BCUT2D eigenvalue weighted by molar-refractivity contribution is -0.139. The van der Waals surface area contributed by atoms with Crippen molar-refractivity contribution < 1.29 is 13.7 Å². The Morgan fingerprint density at radius 1 is 1.03 bits per heavy atom. The van der Waals surface area contributed by atoms with E-state index in [0.29, 0.717) is 31.3 Å². The summed E-state index contributed by atoms with van der Waals surface area (Å²) < 4.78 is 19.0. The Hall–Kier alpha value is -3.06. The molecule has 1 aliphatic carbocycles. The molecule has 1 aliphatic heterocycles. The Labute approximate surface area is 193 Å². The van der Waals surface area contributed by atoms with Crippen LogP contribution in [0.1, 0.15) is 42.7 Å². The fraction of sp³-hybridized carbons (Fsp3) is 0.423. The molecule has 0 unspecified atom stereocenters. The molecule has 2 heterocycles. The van der Waals surface area contributed by atoms with Gasteiger partial charge < -0.3 is 9.42 Å².